The van der Waals surface area contributed by atoms with Crippen molar-refractivity contribution in [2.75, 3.05) is 7.05 Å². The molecule has 0 aliphatic heterocycles. The summed E-state index contributed by atoms with van der Waals surface area (Å²) < 4.78 is 5.55. The van der Waals surface area contributed by atoms with Crippen molar-refractivity contribution in [3.63, 3.8) is 0 Å². The Morgan fingerprint density at radius 3 is 2.94 bits per heavy atom. The van der Waals surface area contributed by atoms with Gasteiger partial charge in [0.15, 0.2) is 0 Å². The number of aromatic nitrogens is 2. The summed E-state index contributed by atoms with van der Waals surface area (Å²) in [5, 5.41) is 5.96. The van der Waals surface area contributed by atoms with Gasteiger partial charge in [-0.1, -0.05) is 0 Å². The first-order chi connectivity index (χ1) is 7.88. The highest BCUT2D eigenvalue weighted by atomic mass is 32.1. The zero-order valence-electron chi connectivity index (χ0n) is 9.01. The first-order valence-electron chi connectivity index (χ1n) is 4.99. The first-order valence-corrected chi connectivity index (χ1v) is 5.87. The number of rotatable bonds is 5. The van der Waals surface area contributed by atoms with Gasteiger partial charge < -0.3 is 10.1 Å². The maximum absolute atomic E-state index is 5.55. The molecule has 0 bridgehead atoms. The quantitative estimate of drug-likeness (QED) is 0.859. The van der Waals surface area contributed by atoms with E-state index in [1.165, 1.54) is 0 Å². The minimum absolute atomic E-state index is 0.505. The average molecular weight is 235 g/mol. The molecule has 0 spiro atoms. The molecule has 0 fully saturated rings. The number of pyridine rings is 1. The molecule has 0 saturated carbocycles. The standard InChI is InChI=1S/C11H13N3OS/c1-12-6-9-2-3-10(7-14-9)15-8-11-13-4-5-16-11/h2-5,7,12H,6,8H2,1H3. The van der Waals surface area contributed by atoms with Crippen molar-refractivity contribution in [1.82, 2.24) is 15.3 Å². The van der Waals surface area contributed by atoms with Gasteiger partial charge in [-0.15, -0.1) is 11.3 Å². The van der Waals surface area contributed by atoms with Gasteiger partial charge in [0.2, 0.25) is 0 Å². The van der Waals surface area contributed by atoms with E-state index in [0.717, 1.165) is 23.0 Å². The second-order valence-corrected chi connectivity index (χ2v) is 4.21. The summed E-state index contributed by atoms with van der Waals surface area (Å²) in [6.45, 7) is 1.28. The molecule has 0 saturated heterocycles. The van der Waals surface area contributed by atoms with Crippen LogP contribution in [0.3, 0.4) is 0 Å². The maximum Gasteiger partial charge on any atom is 0.140 e. The lowest BCUT2D eigenvalue weighted by Crippen LogP contribution is -2.06. The predicted octanol–water partition coefficient (Wildman–Crippen LogP) is 1.84. The second kappa shape index (κ2) is 5.58. The maximum atomic E-state index is 5.55. The lowest BCUT2D eigenvalue weighted by Gasteiger charge is -2.04. The van der Waals surface area contributed by atoms with E-state index in [0.29, 0.717) is 6.61 Å². The SMILES string of the molecule is CNCc1ccc(OCc2nccs2)cn1. The van der Waals surface area contributed by atoms with E-state index in [9.17, 15) is 0 Å². The van der Waals surface area contributed by atoms with Gasteiger partial charge in [0.05, 0.1) is 11.9 Å². The molecule has 4 nitrogen and oxygen atoms in total. The van der Waals surface area contributed by atoms with E-state index < -0.39 is 0 Å². The van der Waals surface area contributed by atoms with E-state index in [-0.39, 0.29) is 0 Å². The molecule has 16 heavy (non-hydrogen) atoms. The Kier molecular flexibility index (Phi) is 3.85. The van der Waals surface area contributed by atoms with Crippen LogP contribution in [-0.2, 0) is 13.2 Å². The fourth-order valence-electron chi connectivity index (χ4n) is 1.25. The second-order valence-electron chi connectivity index (χ2n) is 3.23. The number of thiazole rings is 1. The fourth-order valence-corrected chi connectivity index (χ4v) is 1.78. The summed E-state index contributed by atoms with van der Waals surface area (Å²) >= 11 is 1.59. The largest absolute Gasteiger partial charge is 0.485 e. The Labute approximate surface area is 98.3 Å². The Morgan fingerprint density at radius 2 is 2.31 bits per heavy atom. The minimum atomic E-state index is 0.505. The van der Waals surface area contributed by atoms with Crippen molar-refractivity contribution in [3.8, 4) is 5.75 Å². The van der Waals surface area contributed by atoms with E-state index in [1.54, 1.807) is 23.7 Å². The van der Waals surface area contributed by atoms with Gasteiger partial charge in [-0.2, -0.15) is 0 Å². The first kappa shape index (κ1) is 11.0. The highest BCUT2D eigenvalue weighted by Gasteiger charge is 1.99. The third kappa shape index (κ3) is 3.01. The van der Waals surface area contributed by atoms with Gasteiger partial charge >= 0.3 is 0 Å². The van der Waals surface area contributed by atoms with Crippen LogP contribution < -0.4 is 10.1 Å². The van der Waals surface area contributed by atoms with Crippen LogP contribution >= 0.6 is 11.3 Å². The third-order valence-corrected chi connectivity index (χ3v) is 2.75. The number of nitrogens with zero attached hydrogens (tertiary/aromatic N) is 2. The molecule has 0 unspecified atom stereocenters. The minimum Gasteiger partial charge on any atom is -0.485 e. The third-order valence-electron chi connectivity index (χ3n) is 2.00. The molecular formula is C11H13N3OS. The molecule has 2 aromatic heterocycles. The molecular weight excluding hydrogens is 222 g/mol. The van der Waals surface area contributed by atoms with Crippen molar-refractivity contribution >= 4 is 11.3 Å². The number of hydrogen-bond donors (Lipinski definition) is 1. The Morgan fingerprint density at radius 1 is 1.38 bits per heavy atom. The molecule has 2 rings (SSSR count). The zero-order chi connectivity index (χ0) is 11.2. The van der Waals surface area contributed by atoms with Gasteiger partial charge in [0, 0.05) is 18.1 Å². The van der Waals surface area contributed by atoms with Crippen LogP contribution in [0.4, 0.5) is 0 Å². The fraction of sp³-hybridized carbons (Fsp3) is 0.273. The van der Waals surface area contributed by atoms with Gasteiger partial charge in [0.25, 0.3) is 0 Å². The van der Waals surface area contributed by atoms with Crippen LogP contribution in [0.5, 0.6) is 5.75 Å². The van der Waals surface area contributed by atoms with Crippen LogP contribution in [0, 0.1) is 0 Å². The summed E-state index contributed by atoms with van der Waals surface area (Å²) in [6, 6.07) is 3.88. The normalized spacial score (nSPS) is 10.3. The van der Waals surface area contributed by atoms with Gasteiger partial charge in [0.1, 0.15) is 17.4 Å². The Balaban J connectivity index is 1.90. The zero-order valence-corrected chi connectivity index (χ0v) is 9.83. The molecule has 84 valence electrons. The van der Waals surface area contributed by atoms with Crippen LogP contribution in [-0.4, -0.2) is 17.0 Å². The molecule has 0 amide bonds. The number of hydrogen-bond acceptors (Lipinski definition) is 5. The van der Waals surface area contributed by atoms with Crippen LogP contribution in [0.25, 0.3) is 0 Å². The molecule has 0 atom stereocenters. The summed E-state index contributed by atoms with van der Waals surface area (Å²) in [7, 11) is 1.90. The molecule has 2 aromatic rings. The molecule has 0 aliphatic rings. The van der Waals surface area contributed by atoms with Crippen LogP contribution in [0.1, 0.15) is 10.7 Å². The summed E-state index contributed by atoms with van der Waals surface area (Å²) in [6.07, 6.45) is 3.51. The van der Waals surface area contributed by atoms with Crippen LogP contribution in [0.15, 0.2) is 29.9 Å². The van der Waals surface area contributed by atoms with E-state index in [4.69, 9.17) is 4.74 Å². The van der Waals surface area contributed by atoms with Crippen LogP contribution in [0.2, 0.25) is 0 Å². The number of nitrogens with one attached hydrogen (secondary N) is 1. The van der Waals surface area contributed by atoms with Crippen molar-refractivity contribution < 1.29 is 4.74 Å². The van der Waals surface area contributed by atoms with Gasteiger partial charge in [-0.05, 0) is 19.2 Å². The van der Waals surface area contributed by atoms with Crippen molar-refractivity contribution in [2.24, 2.45) is 0 Å². The molecule has 0 aliphatic carbocycles. The Bertz CT molecular complexity index is 413. The monoisotopic (exact) mass is 235 g/mol. The predicted molar refractivity (Wildman–Crippen MR) is 63.4 cm³/mol. The molecule has 2 heterocycles. The van der Waals surface area contributed by atoms with Crippen molar-refractivity contribution in [3.05, 3.63) is 40.6 Å². The number of ether oxygens (including phenoxy) is 1. The summed E-state index contributed by atoms with van der Waals surface area (Å²) in [4.78, 5) is 8.41. The topological polar surface area (TPSA) is 47.0 Å². The van der Waals surface area contributed by atoms with Gasteiger partial charge in [-0.3, -0.25) is 4.98 Å². The van der Waals surface area contributed by atoms with E-state index in [1.807, 2.05) is 24.6 Å². The lowest BCUT2D eigenvalue weighted by molar-refractivity contribution is 0.304. The highest BCUT2D eigenvalue weighted by Crippen LogP contribution is 2.12. The molecule has 0 radical (unpaired) electrons. The van der Waals surface area contributed by atoms with Crippen molar-refractivity contribution in [2.45, 2.75) is 13.2 Å². The lowest BCUT2D eigenvalue weighted by atomic mass is 10.3. The average Bonchev–Trinajstić information content (AvgIpc) is 2.82. The molecule has 1 N–H and O–H groups in total. The van der Waals surface area contributed by atoms with E-state index >= 15 is 0 Å². The highest BCUT2D eigenvalue weighted by molar-refractivity contribution is 7.09. The smallest absolute Gasteiger partial charge is 0.140 e. The van der Waals surface area contributed by atoms with Crippen molar-refractivity contribution in [1.29, 1.82) is 0 Å². The van der Waals surface area contributed by atoms with E-state index in [2.05, 4.69) is 15.3 Å². The van der Waals surface area contributed by atoms with Gasteiger partial charge in [-0.25, -0.2) is 4.98 Å². The molecule has 5 heteroatoms. The molecule has 0 aromatic carbocycles. The Hall–Kier alpha value is -1.46. The summed E-state index contributed by atoms with van der Waals surface area (Å²) in [5.74, 6) is 0.773. The summed E-state index contributed by atoms with van der Waals surface area (Å²) in [5.41, 5.74) is 1.00.